The number of pyridine rings is 1. The van der Waals surface area contributed by atoms with E-state index in [1.165, 1.54) is 0 Å². The van der Waals surface area contributed by atoms with Gasteiger partial charge in [0.2, 0.25) is 6.41 Å². The van der Waals surface area contributed by atoms with Crippen molar-refractivity contribution in [2.24, 2.45) is 0 Å². The van der Waals surface area contributed by atoms with Crippen molar-refractivity contribution in [3.63, 3.8) is 0 Å². The lowest BCUT2D eigenvalue weighted by molar-refractivity contribution is -0.109. The number of rotatable bonds is 7. The molecule has 0 atom stereocenters. The molecule has 1 amide bonds. The first-order valence-electron chi connectivity index (χ1n) is 8.55. The van der Waals surface area contributed by atoms with Crippen LogP contribution in [0.5, 0.6) is 0 Å². The number of terminal acetylenes is 1. The Balaban J connectivity index is 0.000000380. The first-order chi connectivity index (χ1) is 13.1. The van der Waals surface area contributed by atoms with Gasteiger partial charge in [-0.2, -0.15) is 0 Å². The summed E-state index contributed by atoms with van der Waals surface area (Å²) >= 11 is 6.13. The number of halogens is 1. The van der Waals surface area contributed by atoms with Gasteiger partial charge >= 0.3 is 0 Å². The van der Waals surface area contributed by atoms with Gasteiger partial charge in [0.25, 0.3) is 0 Å². The molecule has 0 fully saturated rings. The predicted molar refractivity (Wildman–Crippen MR) is 107 cm³/mol. The fraction of sp³-hybridized carbons (Fsp3) is 0.300. The van der Waals surface area contributed by atoms with Crippen LogP contribution in [0.1, 0.15) is 30.4 Å². The summed E-state index contributed by atoms with van der Waals surface area (Å²) in [5.74, 6) is 4.06. The van der Waals surface area contributed by atoms with E-state index < -0.39 is 0 Å². The average Bonchev–Trinajstić information content (AvgIpc) is 3.28. The number of aromatic nitrogens is 1. The minimum absolute atomic E-state index is 0.323. The highest BCUT2D eigenvalue weighted by Gasteiger charge is 2.16. The molecule has 0 aliphatic heterocycles. The zero-order valence-electron chi connectivity index (χ0n) is 15.3. The average molecular weight is 388 g/mol. The van der Waals surface area contributed by atoms with Crippen molar-refractivity contribution < 1.29 is 13.6 Å². The number of aryl methyl sites for hydroxylation is 2. The number of carbonyl (C=O) groups is 1. The zero-order valence-corrected chi connectivity index (χ0v) is 16.1. The third-order valence-corrected chi connectivity index (χ3v) is 3.93. The number of carbonyl (C=O) groups excluding carboxylic acids is 1. The van der Waals surface area contributed by atoms with Crippen molar-refractivity contribution in [3.05, 3.63) is 46.7 Å². The van der Waals surface area contributed by atoms with Crippen LogP contribution in [0.4, 0.5) is 5.69 Å². The van der Waals surface area contributed by atoms with Crippen LogP contribution in [0.3, 0.4) is 0 Å². The number of anilines is 1. The summed E-state index contributed by atoms with van der Waals surface area (Å²) in [5.41, 5.74) is 3.49. The maximum Gasteiger partial charge on any atom is 0.207 e. The Kier molecular flexibility index (Phi) is 7.78. The van der Waals surface area contributed by atoms with Crippen molar-refractivity contribution in [2.45, 2.75) is 33.2 Å². The summed E-state index contributed by atoms with van der Waals surface area (Å²) in [7, 11) is 0. The summed E-state index contributed by atoms with van der Waals surface area (Å²) in [6, 6.07) is 5.57. The normalized spacial score (nSPS) is 10.0. The highest BCUT2D eigenvalue weighted by Crippen LogP contribution is 2.32. The van der Waals surface area contributed by atoms with Gasteiger partial charge in [0, 0.05) is 18.1 Å². The molecule has 3 heterocycles. The molecule has 0 bridgehead atoms. The third-order valence-electron chi connectivity index (χ3n) is 3.74. The summed E-state index contributed by atoms with van der Waals surface area (Å²) in [4.78, 5) is 13.7. The highest BCUT2D eigenvalue weighted by molar-refractivity contribution is 6.30. The van der Waals surface area contributed by atoms with E-state index in [0.717, 1.165) is 46.7 Å². The minimum Gasteiger partial charge on any atom is -0.467 e. The van der Waals surface area contributed by atoms with Crippen LogP contribution in [-0.2, 0) is 17.8 Å². The van der Waals surface area contributed by atoms with Gasteiger partial charge in [-0.25, -0.2) is 4.98 Å². The summed E-state index contributed by atoms with van der Waals surface area (Å²) < 4.78 is 11.3. The second-order valence-corrected chi connectivity index (χ2v) is 6.09. The molecule has 3 aromatic rings. The van der Waals surface area contributed by atoms with Gasteiger partial charge in [-0.3, -0.25) is 4.79 Å². The minimum atomic E-state index is 0.323. The maximum absolute atomic E-state index is 9.36. The Morgan fingerprint density at radius 1 is 1.44 bits per heavy atom. The summed E-state index contributed by atoms with van der Waals surface area (Å²) in [6.45, 7) is 5.05. The van der Waals surface area contributed by atoms with Crippen molar-refractivity contribution in [1.29, 1.82) is 0 Å². The Bertz CT molecular complexity index is 911. The Hall–Kier alpha value is -2.91. The molecule has 7 heteroatoms. The van der Waals surface area contributed by atoms with Crippen LogP contribution in [0, 0.1) is 19.3 Å². The number of nitrogens with one attached hydrogen (secondary N) is 2. The second kappa shape index (κ2) is 10.3. The molecule has 27 heavy (non-hydrogen) atoms. The second-order valence-electron chi connectivity index (χ2n) is 5.71. The lowest BCUT2D eigenvalue weighted by Crippen LogP contribution is -2.09. The van der Waals surface area contributed by atoms with Gasteiger partial charge in [0.15, 0.2) is 5.58 Å². The van der Waals surface area contributed by atoms with E-state index in [1.807, 2.05) is 19.1 Å². The smallest absolute Gasteiger partial charge is 0.207 e. The lowest BCUT2D eigenvalue weighted by Gasteiger charge is -2.05. The molecule has 0 radical (unpaired) electrons. The van der Waals surface area contributed by atoms with Crippen LogP contribution in [0.2, 0.25) is 5.15 Å². The maximum atomic E-state index is 9.36. The van der Waals surface area contributed by atoms with Gasteiger partial charge in [-0.05, 0) is 25.5 Å². The van der Waals surface area contributed by atoms with E-state index >= 15 is 0 Å². The fourth-order valence-corrected chi connectivity index (χ4v) is 2.68. The van der Waals surface area contributed by atoms with E-state index in [1.54, 1.807) is 12.3 Å². The Labute approximate surface area is 163 Å². The Morgan fingerprint density at radius 2 is 2.26 bits per heavy atom. The molecular formula is C20H22ClN3O3. The quantitative estimate of drug-likeness (QED) is 0.273. The SMILES string of the molecule is C#CCNC=O.CCCc1oc2c(NCc3ccco3)cc(Cl)nc2c1C. The molecule has 0 aliphatic carbocycles. The van der Waals surface area contributed by atoms with Crippen LogP contribution in [0.15, 0.2) is 33.3 Å². The predicted octanol–water partition coefficient (Wildman–Crippen LogP) is 4.31. The molecular weight excluding hydrogens is 366 g/mol. The first-order valence-corrected chi connectivity index (χ1v) is 8.93. The summed E-state index contributed by atoms with van der Waals surface area (Å²) in [5, 5.41) is 6.04. The highest BCUT2D eigenvalue weighted by atomic mass is 35.5. The Morgan fingerprint density at radius 3 is 2.85 bits per heavy atom. The zero-order chi connectivity index (χ0) is 19.6. The van der Waals surface area contributed by atoms with Crippen molar-refractivity contribution in [3.8, 4) is 12.3 Å². The van der Waals surface area contributed by atoms with Gasteiger partial charge in [-0.15, -0.1) is 6.42 Å². The molecule has 3 rings (SSSR count). The third kappa shape index (κ3) is 5.53. The van der Waals surface area contributed by atoms with E-state index in [2.05, 4.69) is 28.5 Å². The number of hydrogen-bond acceptors (Lipinski definition) is 5. The van der Waals surface area contributed by atoms with Crippen LogP contribution in [0.25, 0.3) is 11.1 Å². The molecule has 0 saturated carbocycles. The van der Waals surface area contributed by atoms with Gasteiger partial charge < -0.3 is 19.5 Å². The van der Waals surface area contributed by atoms with E-state index in [0.29, 0.717) is 24.7 Å². The standard InChI is InChI=1S/C16H17ClN2O2.C4H5NO/c1-3-5-13-10(2)15-16(21-13)12(8-14(17)19-15)18-9-11-6-4-7-20-11;1-2-3-5-4-6/h4,6-8H,3,5,9H2,1-2H3,(H,18,19);1,4H,3H2,(H,5,6). The monoisotopic (exact) mass is 387 g/mol. The lowest BCUT2D eigenvalue weighted by atomic mass is 10.1. The first kappa shape index (κ1) is 20.4. The van der Waals surface area contributed by atoms with Crippen LogP contribution < -0.4 is 10.6 Å². The number of hydrogen-bond donors (Lipinski definition) is 2. The van der Waals surface area contributed by atoms with E-state index in [9.17, 15) is 4.79 Å². The molecule has 0 spiro atoms. The van der Waals surface area contributed by atoms with Gasteiger partial charge in [0.1, 0.15) is 22.2 Å². The van der Waals surface area contributed by atoms with Gasteiger partial charge in [-0.1, -0.05) is 24.4 Å². The van der Waals surface area contributed by atoms with Crippen molar-refractivity contribution in [1.82, 2.24) is 10.3 Å². The molecule has 142 valence electrons. The van der Waals surface area contributed by atoms with Crippen molar-refractivity contribution >= 4 is 34.8 Å². The molecule has 2 N–H and O–H groups in total. The molecule has 0 aromatic carbocycles. The van der Waals surface area contributed by atoms with Crippen molar-refractivity contribution in [2.75, 3.05) is 11.9 Å². The van der Waals surface area contributed by atoms with Crippen LogP contribution >= 0.6 is 11.6 Å². The topological polar surface area (TPSA) is 80.3 Å². The molecule has 0 unspecified atom stereocenters. The number of nitrogens with zero attached hydrogens (tertiary/aromatic N) is 1. The number of amides is 1. The molecule has 3 aromatic heterocycles. The van der Waals surface area contributed by atoms with E-state index in [-0.39, 0.29) is 0 Å². The number of fused-ring (bicyclic) bond motifs is 1. The molecule has 0 saturated heterocycles. The van der Waals surface area contributed by atoms with Gasteiger partial charge in [0.05, 0.1) is 25.0 Å². The van der Waals surface area contributed by atoms with E-state index in [4.69, 9.17) is 26.9 Å². The summed E-state index contributed by atoms with van der Waals surface area (Å²) in [6.07, 6.45) is 8.90. The fourth-order valence-electron chi connectivity index (χ4n) is 2.48. The van der Waals surface area contributed by atoms with Crippen LogP contribution in [-0.4, -0.2) is 17.9 Å². The molecule has 0 aliphatic rings. The largest absolute Gasteiger partial charge is 0.467 e. The number of furan rings is 2. The molecule has 6 nitrogen and oxygen atoms in total.